The van der Waals surface area contributed by atoms with E-state index in [2.05, 4.69) is 6.08 Å². The second kappa shape index (κ2) is 10.8. The number of benzene rings is 1. The van der Waals surface area contributed by atoms with Gasteiger partial charge in [-0.15, -0.1) is 23.4 Å². The lowest BCUT2D eigenvalue weighted by Gasteiger charge is -2.22. The van der Waals surface area contributed by atoms with Crippen LogP contribution in [0.5, 0.6) is 0 Å². The molecule has 1 saturated carbocycles. The van der Waals surface area contributed by atoms with Gasteiger partial charge in [-0.1, -0.05) is 35.4 Å². The molecule has 144 valence electrons. The minimum Gasteiger partial charge on any atom is -0.481 e. The molecule has 1 aromatic carbocycles. The van der Waals surface area contributed by atoms with Gasteiger partial charge in [-0.2, -0.15) is 0 Å². The Balaban J connectivity index is 1.88. The van der Waals surface area contributed by atoms with Gasteiger partial charge in [0.25, 0.3) is 0 Å². The Hall–Kier alpha value is -0.390. The molecule has 0 aliphatic heterocycles. The molecule has 0 amide bonds. The lowest BCUT2D eigenvalue weighted by molar-refractivity contribution is -0.137. The Bertz CT molecular complexity index is 618. The second-order valence-corrected chi connectivity index (χ2v) is 9.08. The number of aliphatic hydroxyl groups is 1. The van der Waals surface area contributed by atoms with E-state index < -0.39 is 12.1 Å². The maximum atomic E-state index is 10.5. The number of alkyl halides is 1. The van der Waals surface area contributed by atoms with E-state index in [0.29, 0.717) is 22.9 Å². The monoisotopic (exact) mass is 436 g/mol. The third-order valence-electron chi connectivity index (χ3n) is 4.59. The molecule has 0 saturated heterocycles. The third kappa shape index (κ3) is 6.97. The van der Waals surface area contributed by atoms with Crippen molar-refractivity contribution in [3.63, 3.8) is 0 Å². The highest BCUT2D eigenvalue weighted by molar-refractivity contribution is 7.99. The van der Waals surface area contributed by atoms with E-state index in [4.69, 9.17) is 39.9 Å². The highest BCUT2D eigenvalue weighted by atomic mass is 35.5. The first-order chi connectivity index (χ1) is 12.4. The van der Waals surface area contributed by atoms with Gasteiger partial charge in [0.1, 0.15) is 0 Å². The first-order valence-electron chi connectivity index (χ1n) is 8.64. The highest BCUT2D eigenvalue weighted by Gasteiger charge is 2.40. The quantitative estimate of drug-likeness (QED) is 0.219. The zero-order valence-corrected chi connectivity index (χ0v) is 17.4. The van der Waals surface area contributed by atoms with Crippen LogP contribution in [0.15, 0.2) is 35.2 Å². The molecule has 0 unspecified atom stereocenters. The average Bonchev–Trinajstić information content (AvgIpc) is 2.81. The van der Waals surface area contributed by atoms with E-state index in [1.807, 2.05) is 18.2 Å². The van der Waals surface area contributed by atoms with Crippen LogP contribution in [-0.4, -0.2) is 33.4 Å². The van der Waals surface area contributed by atoms with Crippen LogP contribution >= 0.6 is 46.6 Å². The van der Waals surface area contributed by atoms with Crippen molar-refractivity contribution >= 4 is 52.5 Å². The summed E-state index contributed by atoms with van der Waals surface area (Å²) in [5, 5.41) is 20.2. The zero-order valence-electron chi connectivity index (χ0n) is 14.3. The molecule has 7 heteroatoms. The third-order valence-corrected chi connectivity index (χ3v) is 6.65. The summed E-state index contributed by atoms with van der Waals surface area (Å²) in [5.74, 6) is 0.281. The first-order valence-corrected chi connectivity index (χ1v) is 10.8. The average molecular weight is 438 g/mol. The van der Waals surface area contributed by atoms with Gasteiger partial charge in [0, 0.05) is 32.5 Å². The molecule has 1 aliphatic rings. The molecule has 2 N–H and O–H groups in total. The SMILES string of the molecule is O=C(O)CCC/C=C/C[C@@H]1[C@@H](CSc2cc(Cl)cc(Cl)c2)[C@H](O)C[C@H]1Cl. The minimum absolute atomic E-state index is 0.0535. The molecular weight excluding hydrogens is 415 g/mol. The van der Waals surface area contributed by atoms with Gasteiger partial charge < -0.3 is 10.2 Å². The Morgan fingerprint density at radius 1 is 1.19 bits per heavy atom. The number of thioether (sulfide) groups is 1. The van der Waals surface area contributed by atoms with Crippen LogP contribution in [0.3, 0.4) is 0 Å². The van der Waals surface area contributed by atoms with E-state index >= 15 is 0 Å². The van der Waals surface area contributed by atoms with Crippen molar-refractivity contribution in [2.24, 2.45) is 11.8 Å². The Kier molecular flexibility index (Phi) is 9.11. The van der Waals surface area contributed by atoms with E-state index in [1.54, 1.807) is 17.8 Å². The summed E-state index contributed by atoms with van der Waals surface area (Å²) in [5.41, 5.74) is 0. The van der Waals surface area contributed by atoms with Crippen molar-refractivity contribution in [2.75, 3.05) is 5.75 Å². The summed E-state index contributed by atoms with van der Waals surface area (Å²) >= 11 is 20.2. The number of aliphatic carboxylic acids is 1. The highest BCUT2D eigenvalue weighted by Crippen LogP contribution is 2.41. The van der Waals surface area contributed by atoms with Gasteiger partial charge in [-0.3, -0.25) is 4.79 Å². The first kappa shape index (κ1) is 21.9. The van der Waals surface area contributed by atoms with Crippen LogP contribution in [0.25, 0.3) is 0 Å². The number of rotatable bonds is 9. The number of hydrogen-bond acceptors (Lipinski definition) is 3. The molecule has 1 aromatic rings. The predicted molar refractivity (Wildman–Crippen MR) is 110 cm³/mol. The van der Waals surface area contributed by atoms with Crippen LogP contribution in [0.2, 0.25) is 10.0 Å². The van der Waals surface area contributed by atoms with E-state index in [-0.39, 0.29) is 23.6 Å². The Morgan fingerprint density at radius 3 is 2.54 bits per heavy atom. The number of unbranched alkanes of at least 4 members (excludes halogenated alkanes) is 1. The molecule has 1 aliphatic carbocycles. The van der Waals surface area contributed by atoms with E-state index in [9.17, 15) is 9.90 Å². The largest absolute Gasteiger partial charge is 0.481 e. The summed E-state index contributed by atoms with van der Waals surface area (Å²) in [6.07, 6.45) is 6.62. The molecule has 0 spiro atoms. The molecule has 0 heterocycles. The van der Waals surface area contributed by atoms with Gasteiger partial charge in [0.2, 0.25) is 0 Å². The lowest BCUT2D eigenvalue weighted by Crippen LogP contribution is -2.22. The molecule has 0 aromatic heterocycles. The predicted octanol–water partition coefficient (Wildman–Crippen LogP) is 5.89. The van der Waals surface area contributed by atoms with Crippen LogP contribution in [-0.2, 0) is 4.79 Å². The van der Waals surface area contributed by atoms with Gasteiger partial charge in [0.15, 0.2) is 0 Å². The number of hydrogen-bond donors (Lipinski definition) is 2. The minimum atomic E-state index is -0.767. The fourth-order valence-electron chi connectivity index (χ4n) is 3.24. The smallest absolute Gasteiger partial charge is 0.303 e. The van der Waals surface area contributed by atoms with Crippen molar-refractivity contribution in [1.82, 2.24) is 0 Å². The fourth-order valence-corrected chi connectivity index (χ4v) is 5.64. The number of allylic oxidation sites excluding steroid dienone is 2. The Morgan fingerprint density at radius 2 is 1.88 bits per heavy atom. The molecule has 1 fully saturated rings. The number of carboxylic acids is 1. The maximum absolute atomic E-state index is 10.5. The fraction of sp³-hybridized carbons (Fsp3) is 0.526. The molecule has 4 atom stereocenters. The van der Waals surface area contributed by atoms with Gasteiger partial charge in [-0.05, 0) is 55.7 Å². The topological polar surface area (TPSA) is 57.5 Å². The van der Waals surface area contributed by atoms with Gasteiger partial charge in [0.05, 0.1) is 6.10 Å². The van der Waals surface area contributed by atoms with Crippen molar-refractivity contribution in [3.05, 3.63) is 40.4 Å². The summed E-state index contributed by atoms with van der Waals surface area (Å²) in [6.45, 7) is 0. The number of carbonyl (C=O) groups is 1. The summed E-state index contributed by atoms with van der Waals surface area (Å²) in [6, 6.07) is 5.44. The van der Waals surface area contributed by atoms with Gasteiger partial charge in [-0.25, -0.2) is 0 Å². The van der Waals surface area contributed by atoms with Crippen molar-refractivity contribution < 1.29 is 15.0 Å². The van der Waals surface area contributed by atoms with E-state index in [1.165, 1.54) is 0 Å². The van der Waals surface area contributed by atoms with Crippen molar-refractivity contribution in [1.29, 1.82) is 0 Å². The molecule has 3 nitrogen and oxygen atoms in total. The molecular formula is C19H23Cl3O3S. The number of aliphatic hydroxyl groups excluding tert-OH is 1. The molecule has 26 heavy (non-hydrogen) atoms. The molecule has 2 rings (SSSR count). The van der Waals surface area contributed by atoms with Crippen LogP contribution in [0.4, 0.5) is 0 Å². The molecule has 0 radical (unpaired) electrons. The van der Waals surface area contributed by atoms with Crippen LogP contribution in [0.1, 0.15) is 32.1 Å². The standard InChI is InChI=1S/C19H23Cl3O3S/c20-12-7-13(21)9-14(8-12)26-11-16-15(17(22)10-18(16)23)5-3-1-2-4-6-19(24)25/h1,3,7-9,15-18,23H,2,4-6,10-11H2,(H,24,25)/b3-1+/t15-,16-,17-,18-/m1/s1. The van der Waals surface area contributed by atoms with E-state index in [0.717, 1.165) is 23.5 Å². The second-order valence-electron chi connectivity index (χ2n) is 6.56. The van der Waals surface area contributed by atoms with Crippen LogP contribution < -0.4 is 0 Å². The number of carboxylic acid groups (broad SMARTS) is 1. The Labute approximate surface area is 173 Å². The number of halogens is 3. The lowest BCUT2D eigenvalue weighted by atomic mass is 9.93. The normalized spacial score (nSPS) is 25.8. The summed E-state index contributed by atoms with van der Waals surface area (Å²) < 4.78 is 0. The van der Waals surface area contributed by atoms with Crippen molar-refractivity contribution in [2.45, 2.75) is 48.5 Å². The molecule has 0 bridgehead atoms. The zero-order chi connectivity index (χ0) is 19.1. The van der Waals surface area contributed by atoms with Crippen LogP contribution in [0, 0.1) is 11.8 Å². The van der Waals surface area contributed by atoms with Gasteiger partial charge >= 0.3 is 5.97 Å². The summed E-state index contributed by atoms with van der Waals surface area (Å²) in [7, 11) is 0. The van der Waals surface area contributed by atoms with Crippen molar-refractivity contribution in [3.8, 4) is 0 Å². The maximum Gasteiger partial charge on any atom is 0.303 e. The summed E-state index contributed by atoms with van der Waals surface area (Å²) in [4.78, 5) is 11.5.